The Balaban J connectivity index is 2.11. The Morgan fingerprint density at radius 2 is 2.09 bits per heavy atom. The molecule has 0 unspecified atom stereocenters. The Morgan fingerprint density at radius 1 is 1.35 bits per heavy atom. The number of rotatable bonds is 7. The lowest BCUT2D eigenvalue weighted by Gasteiger charge is -2.22. The molecule has 0 fully saturated rings. The molecule has 1 amide bonds. The number of amides is 1. The summed E-state index contributed by atoms with van der Waals surface area (Å²) < 4.78 is 2.05. The van der Waals surface area contributed by atoms with E-state index in [1.54, 1.807) is 6.20 Å². The first kappa shape index (κ1) is 17.5. The average molecular weight is 334 g/mol. The second kappa shape index (κ2) is 8.16. The van der Waals surface area contributed by atoms with E-state index >= 15 is 0 Å². The number of benzene rings is 1. The van der Waals surface area contributed by atoms with E-state index in [1.807, 2.05) is 46.9 Å². The fourth-order valence-electron chi connectivity index (χ4n) is 2.47. The van der Waals surface area contributed by atoms with Crippen molar-refractivity contribution in [2.24, 2.45) is 5.92 Å². The van der Waals surface area contributed by atoms with Gasteiger partial charge >= 0.3 is 0 Å². The summed E-state index contributed by atoms with van der Waals surface area (Å²) >= 11 is 6.24. The molecule has 4 nitrogen and oxygen atoms in total. The Morgan fingerprint density at radius 3 is 2.74 bits per heavy atom. The van der Waals surface area contributed by atoms with Gasteiger partial charge < -0.3 is 9.47 Å². The third-order valence-corrected chi connectivity index (χ3v) is 4.12. The molecule has 0 radical (unpaired) electrons. The van der Waals surface area contributed by atoms with E-state index in [1.165, 1.54) is 0 Å². The molecule has 0 bridgehead atoms. The predicted molar refractivity (Wildman–Crippen MR) is 93.3 cm³/mol. The first-order chi connectivity index (χ1) is 11.0. The molecule has 1 aromatic heterocycles. The van der Waals surface area contributed by atoms with Crippen molar-refractivity contribution in [3.8, 4) is 0 Å². The van der Waals surface area contributed by atoms with Crippen molar-refractivity contribution in [2.75, 3.05) is 6.54 Å². The van der Waals surface area contributed by atoms with Gasteiger partial charge in [0.05, 0.1) is 13.1 Å². The van der Waals surface area contributed by atoms with Crippen molar-refractivity contribution in [3.05, 3.63) is 53.1 Å². The Labute approximate surface area is 143 Å². The van der Waals surface area contributed by atoms with Crippen LogP contribution in [0.25, 0.3) is 0 Å². The van der Waals surface area contributed by atoms with Crippen LogP contribution in [0.15, 0.2) is 36.7 Å². The second-order valence-electron chi connectivity index (χ2n) is 6.07. The molecule has 5 heteroatoms. The highest BCUT2D eigenvalue weighted by Gasteiger charge is 2.16. The van der Waals surface area contributed by atoms with Crippen LogP contribution in [0.5, 0.6) is 0 Å². The van der Waals surface area contributed by atoms with Gasteiger partial charge in [0, 0.05) is 30.4 Å². The summed E-state index contributed by atoms with van der Waals surface area (Å²) in [6.45, 7) is 7.99. The fraction of sp³-hybridized carbons (Fsp3) is 0.444. The van der Waals surface area contributed by atoms with Gasteiger partial charge in [-0.2, -0.15) is 0 Å². The van der Waals surface area contributed by atoms with Gasteiger partial charge in [0.2, 0.25) is 5.91 Å². The minimum absolute atomic E-state index is 0.176. The van der Waals surface area contributed by atoms with Gasteiger partial charge in [0.1, 0.15) is 5.82 Å². The Bertz CT molecular complexity index is 651. The highest BCUT2D eigenvalue weighted by Crippen LogP contribution is 2.17. The Hall–Kier alpha value is -1.81. The number of hydrogen-bond acceptors (Lipinski definition) is 2. The van der Waals surface area contributed by atoms with Crippen molar-refractivity contribution >= 4 is 17.5 Å². The summed E-state index contributed by atoms with van der Waals surface area (Å²) in [5.41, 5.74) is 1.05. The summed E-state index contributed by atoms with van der Waals surface area (Å²) in [7, 11) is 0. The molecule has 0 saturated carbocycles. The molecule has 124 valence electrons. The molecule has 2 rings (SSSR count). The molecule has 0 atom stereocenters. The van der Waals surface area contributed by atoms with E-state index in [-0.39, 0.29) is 5.91 Å². The molecular weight excluding hydrogens is 310 g/mol. The molecule has 1 heterocycles. The fourth-order valence-corrected chi connectivity index (χ4v) is 2.67. The van der Waals surface area contributed by atoms with E-state index in [9.17, 15) is 4.79 Å². The number of imidazole rings is 1. The summed E-state index contributed by atoms with van der Waals surface area (Å²) in [5, 5.41) is 0.746. The van der Waals surface area contributed by atoms with Crippen LogP contribution < -0.4 is 0 Å². The minimum Gasteiger partial charge on any atom is -0.335 e. The SMILES string of the molecule is CCN(Cc1nccn1Cc1ccccc1Cl)C(=O)CC(C)C. The number of hydrogen-bond donors (Lipinski definition) is 0. The monoisotopic (exact) mass is 333 g/mol. The Kier molecular flexibility index (Phi) is 6.22. The average Bonchev–Trinajstić information content (AvgIpc) is 2.93. The molecule has 23 heavy (non-hydrogen) atoms. The highest BCUT2D eigenvalue weighted by atomic mass is 35.5. The van der Waals surface area contributed by atoms with Crippen LogP contribution in [0, 0.1) is 5.92 Å². The van der Waals surface area contributed by atoms with Crippen LogP contribution in [-0.4, -0.2) is 26.9 Å². The van der Waals surface area contributed by atoms with Crippen molar-refractivity contribution in [1.82, 2.24) is 14.5 Å². The van der Waals surface area contributed by atoms with Crippen LogP contribution >= 0.6 is 11.6 Å². The molecule has 2 aromatic rings. The number of nitrogens with zero attached hydrogens (tertiary/aromatic N) is 3. The predicted octanol–water partition coefficient (Wildman–Crippen LogP) is 3.98. The van der Waals surface area contributed by atoms with Crippen LogP contribution in [0.3, 0.4) is 0 Å². The van der Waals surface area contributed by atoms with Crippen molar-refractivity contribution in [1.29, 1.82) is 0 Å². The van der Waals surface area contributed by atoms with Crippen LogP contribution in [0.4, 0.5) is 0 Å². The molecule has 0 saturated heterocycles. The van der Waals surface area contributed by atoms with E-state index in [4.69, 9.17) is 11.6 Å². The number of halogens is 1. The molecule has 0 aliphatic carbocycles. The summed E-state index contributed by atoms with van der Waals surface area (Å²) in [6, 6.07) is 7.79. The van der Waals surface area contributed by atoms with Gasteiger partial charge in [0.25, 0.3) is 0 Å². The third kappa shape index (κ3) is 4.83. The first-order valence-electron chi connectivity index (χ1n) is 8.02. The minimum atomic E-state index is 0.176. The highest BCUT2D eigenvalue weighted by molar-refractivity contribution is 6.31. The maximum absolute atomic E-state index is 12.3. The second-order valence-corrected chi connectivity index (χ2v) is 6.48. The maximum atomic E-state index is 12.3. The van der Waals surface area contributed by atoms with Gasteiger partial charge in [-0.15, -0.1) is 0 Å². The van der Waals surface area contributed by atoms with Crippen molar-refractivity contribution in [2.45, 2.75) is 40.3 Å². The number of carbonyl (C=O) groups is 1. The van der Waals surface area contributed by atoms with Gasteiger partial charge in [-0.1, -0.05) is 43.6 Å². The lowest BCUT2D eigenvalue weighted by atomic mass is 10.1. The lowest BCUT2D eigenvalue weighted by molar-refractivity contribution is -0.132. The van der Waals surface area contributed by atoms with E-state index in [2.05, 4.69) is 18.8 Å². The molecule has 0 spiro atoms. The molecule has 0 aliphatic rings. The topological polar surface area (TPSA) is 38.1 Å². The summed E-state index contributed by atoms with van der Waals surface area (Å²) in [5.74, 6) is 1.41. The van der Waals surface area contributed by atoms with E-state index in [0.717, 1.165) is 16.4 Å². The zero-order valence-electron chi connectivity index (χ0n) is 14.0. The first-order valence-corrected chi connectivity index (χ1v) is 8.40. The standard InChI is InChI=1S/C18H24ClN3O/c1-4-21(18(23)11-14(2)3)13-17-20-9-10-22(17)12-15-7-5-6-8-16(15)19/h5-10,14H,4,11-13H2,1-3H3. The molecule has 0 N–H and O–H groups in total. The largest absolute Gasteiger partial charge is 0.335 e. The lowest BCUT2D eigenvalue weighted by Crippen LogP contribution is -2.32. The van der Waals surface area contributed by atoms with Crippen LogP contribution in [0.1, 0.15) is 38.6 Å². The smallest absolute Gasteiger partial charge is 0.223 e. The van der Waals surface area contributed by atoms with Gasteiger partial charge in [-0.25, -0.2) is 4.98 Å². The van der Waals surface area contributed by atoms with Gasteiger partial charge in [-0.3, -0.25) is 4.79 Å². The molecule has 0 aliphatic heterocycles. The van der Waals surface area contributed by atoms with Crippen LogP contribution in [0.2, 0.25) is 5.02 Å². The van der Waals surface area contributed by atoms with E-state index < -0.39 is 0 Å². The van der Waals surface area contributed by atoms with Crippen LogP contribution in [-0.2, 0) is 17.9 Å². The molecule has 1 aromatic carbocycles. The van der Waals surface area contributed by atoms with Crippen molar-refractivity contribution in [3.63, 3.8) is 0 Å². The quantitative estimate of drug-likeness (QED) is 0.768. The summed E-state index contributed by atoms with van der Waals surface area (Å²) in [4.78, 5) is 18.6. The van der Waals surface area contributed by atoms with E-state index in [0.29, 0.717) is 32.0 Å². The zero-order valence-corrected chi connectivity index (χ0v) is 14.8. The number of aromatic nitrogens is 2. The van der Waals surface area contributed by atoms with Gasteiger partial charge in [-0.05, 0) is 24.5 Å². The summed E-state index contributed by atoms with van der Waals surface area (Å²) in [6.07, 6.45) is 4.27. The third-order valence-electron chi connectivity index (χ3n) is 3.75. The van der Waals surface area contributed by atoms with Gasteiger partial charge in [0.15, 0.2) is 0 Å². The molecular formula is C18H24ClN3O. The zero-order chi connectivity index (χ0) is 16.8. The maximum Gasteiger partial charge on any atom is 0.223 e. The van der Waals surface area contributed by atoms with Crippen molar-refractivity contribution < 1.29 is 4.79 Å². The normalized spacial score (nSPS) is 11.0. The number of carbonyl (C=O) groups excluding carboxylic acids is 1.